The molecule has 0 N–H and O–H groups in total. The lowest BCUT2D eigenvalue weighted by atomic mass is 9.95. The predicted octanol–water partition coefficient (Wildman–Crippen LogP) is 2.56. The van der Waals surface area contributed by atoms with Crippen molar-refractivity contribution < 1.29 is 4.79 Å². The molecule has 0 spiro atoms. The fraction of sp³-hybridized carbons (Fsp3) is 0.364. The van der Waals surface area contributed by atoms with E-state index < -0.39 is 11.3 Å². The molecule has 1 amide bonds. The van der Waals surface area contributed by atoms with E-state index in [1.54, 1.807) is 51.1 Å². The summed E-state index contributed by atoms with van der Waals surface area (Å²) in [4.78, 5) is 11.6. The fourth-order valence-corrected chi connectivity index (χ4v) is 0.985. The highest BCUT2D eigenvalue weighted by molar-refractivity contribution is 5.97. The summed E-state index contributed by atoms with van der Waals surface area (Å²) in [7, 11) is 0. The Balaban J connectivity index is 2.87. The van der Waals surface area contributed by atoms with Gasteiger partial charge in [0.2, 0.25) is 5.91 Å². The van der Waals surface area contributed by atoms with Crippen molar-refractivity contribution in [3.8, 4) is 0 Å². The number of carbonyl (C=O) groups excluding carboxylic acids is 1. The third-order valence-corrected chi connectivity index (χ3v) is 1.82. The summed E-state index contributed by atoms with van der Waals surface area (Å²) in [5, 5.41) is 12.0. The Hall–Kier alpha value is -1.35. The van der Waals surface area contributed by atoms with E-state index in [4.69, 9.17) is 0 Å². The van der Waals surface area contributed by atoms with E-state index in [1.165, 1.54) is 0 Å². The van der Waals surface area contributed by atoms with Crippen LogP contribution < -0.4 is 5.06 Å². The Morgan fingerprint density at radius 3 is 2.14 bits per heavy atom. The number of benzene rings is 1. The van der Waals surface area contributed by atoms with Crippen LogP contribution in [0.4, 0.5) is 5.69 Å². The van der Waals surface area contributed by atoms with Crippen LogP contribution in [0.5, 0.6) is 0 Å². The summed E-state index contributed by atoms with van der Waals surface area (Å²) < 4.78 is 0. The van der Waals surface area contributed by atoms with Crippen LogP contribution in [0.1, 0.15) is 20.8 Å². The number of para-hydroxylation sites is 1. The van der Waals surface area contributed by atoms with Crippen molar-refractivity contribution in [3.05, 3.63) is 35.5 Å². The summed E-state index contributed by atoms with van der Waals surface area (Å²) in [5.74, 6) is -0.427. The molecule has 0 radical (unpaired) electrons. The van der Waals surface area contributed by atoms with Gasteiger partial charge in [0.25, 0.3) is 0 Å². The molecule has 0 aliphatic rings. The number of nitrogens with zero attached hydrogens (tertiary/aromatic N) is 1. The van der Waals surface area contributed by atoms with Crippen molar-refractivity contribution in [1.82, 2.24) is 0 Å². The van der Waals surface area contributed by atoms with E-state index in [0.717, 1.165) is 0 Å². The molecule has 76 valence electrons. The number of carbonyl (C=O) groups is 1. The fourth-order valence-electron chi connectivity index (χ4n) is 0.985. The smallest absolute Gasteiger partial charge is 0.221 e. The van der Waals surface area contributed by atoms with Crippen molar-refractivity contribution in [2.75, 3.05) is 5.06 Å². The van der Waals surface area contributed by atoms with Gasteiger partial charge in [-0.15, -0.1) is 0 Å². The maximum atomic E-state index is 11.6. The maximum absolute atomic E-state index is 11.6. The van der Waals surface area contributed by atoms with Gasteiger partial charge in [0.05, 0.1) is 0 Å². The van der Waals surface area contributed by atoms with Gasteiger partial charge in [-0.25, -0.2) is 0 Å². The SMILES string of the molecule is CC(C)(C)C(=O)N([O-])c1ccccc1. The molecular weight excluding hydrogens is 178 g/mol. The average molecular weight is 192 g/mol. The van der Waals surface area contributed by atoms with Gasteiger partial charge in [-0.1, -0.05) is 39.0 Å². The topological polar surface area (TPSA) is 43.4 Å². The molecule has 0 atom stereocenters. The van der Waals surface area contributed by atoms with Crippen molar-refractivity contribution in [2.45, 2.75) is 20.8 Å². The summed E-state index contributed by atoms with van der Waals surface area (Å²) in [5.41, 5.74) is -0.259. The Morgan fingerprint density at radius 2 is 1.71 bits per heavy atom. The second-order valence-corrected chi connectivity index (χ2v) is 4.19. The van der Waals surface area contributed by atoms with Crippen LogP contribution in [0.25, 0.3) is 0 Å². The largest absolute Gasteiger partial charge is 0.752 e. The lowest BCUT2D eigenvalue weighted by Crippen LogP contribution is -2.35. The lowest BCUT2D eigenvalue weighted by molar-refractivity contribution is -0.125. The second kappa shape index (κ2) is 3.80. The zero-order chi connectivity index (χ0) is 10.8. The van der Waals surface area contributed by atoms with Gasteiger partial charge in [-0.2, -0.15) is 0 Å². The van der Waals surface area contributed by atoms with Crippen LogP contribution in [0.2, 0.25) is 0 Å². The van der Waals surface area contributed by atoms with Crippen LogP contribution in [-0.4, -0.2) is 5.91 Å². The Bertz CT molecular complexity index is 314. The highest BCUT2D eigenvalue weighted by Gasteiger charge is 2.22. The van der Waals surface area contributed by atoms with Gasteiger partial charge in [-0.05, 0) is 12.1 Å². The monoisotopic (exact) mass is 192 g/mol. The quantitative estimate of drug-likeness (QED) is 0.642. The Kier molecular flexibility index (Phi) is 2.91. The predicted molar refractivity (Wildman–Crippen MR) is 56.8 cm³/mol. The second-order valence-electron chi connectivity index (χ2n) is 4.19. The molecule has 0 bridgehead atoms. The molecule has 0 aliphatic carbocycles. The first-order chi connectivity index (χ1) is 6.43. The van der Waals surface area contributed by atoms with E-state index in [-0.39, 0.29) is 0 Å². The molecule has 1 aromatic carbocycles. The molecule has 1 aromatic rings. The first kappa shape index (κ1) is 10.7. The van der Waals surface area contributed by atoms with Gasteiger partial charge in [0.1, 0.15) is 0 Å². The average Bonchev–Trinajstić information content (AvgIpc) is 2.15. The molecule has 0 unspecified atom stereocenters. The van der Waals surface area contributed by atoms with E-state index in [9.17, 15) is 10.0 Å². The highest BCUT2D eigenvalue weighted by Crippen LogP contribution is 2.21. The molecule has 3 nitrogen and oxygen atoms in total. The molecule has 3 heteroatoms. The van der Waals surface area contributed by atoms with Gasteiger partial charge in [0.15, 0.2) is 0 Å². The summed E-state index contributed by atoms with van der Waals surface area (Å²) in [6.45, 7) is 5.18. The van der Waals surface area contributed by atoms with Crippen LogP contribution >= 0.6 is 0 Å². The zero-order valence-electron chi connectivity index (χ0n) is 8.65. The van der Waals surface area contributed by atoms with Crippen LogP contribution in [0.3, 0.4) is 0 Å². The standard InChI is InChI=1S/C11H14NO2/c1-11(2,3)10(13)12(14)9-7-5-4-6-8-9/h4-8H,1-3H3/q-1. The van der Waals surface area contributed by atoms with Gasteiger partial charge >= 0.3 is 0 Å². The molecule has 0 heterocycles. The summed E-state index contributed by atoms with van der Waals surface area (Å²) in [6.07, 6.45) is 0. The normalized spacial score (nSPS) is 11.1. The molecule has 1 rings (SSSR count). The minimum atomic E-state index is -0.641. The Morgan fingerprint density at radius 1 is 1.21 bits per heavy atom. The van der Waals surface area contributed by atoms with E-state index >= 15 is 0 Å². The first-order valence-electron chi connectivity index (χ1n) is 4.49. The summed E-state index contributed by atoms with van der Waals surface area (Å²) >= 11 is 0. The lowest BCUT2D eigenvalue weighted by Gasteiger charge is -2.34. The van der Waals surface area contributed by atoms with Crippen molar-refractivity contribution >= 4 is 11.6 Å². The molecule has 0 aliphatic heterocycles. The van der Waals surface area contributed by atoms with E-state index in [2.05, 4.69) is 0 Å². The van der Waals surface area contributed by atoms with Crippen LogP contribution in [0, 0.1) is 10.6 Å². The van der Waals surface area contributed by atoms with Gasteiger partial charge in [-0.3, -0.25) is 4.79 Å². The third kappa shape index (κ3) is 2.33. The minimum Gasteiger partial charge on any atom is -0.752 e. The van der Waals surface area contributed by atoms with Crippen molar-refractivity contribution in [1.29, 1.82) is 0 Å². The third-order valence-electron chi connectivity index (χ3n) is 1.82. The zero-order valence-corrected chi connectivity index (χ0v) is 8.65. The van der Waals surface area contributed by atoms with Crippen LogP contribution in [-0.2, 0) is 4.79 Å². The molecular formula is C11H14NO2-. The summed E-state index contributed by atoms with van der Waals surface area (Å²) in [6, 6.07) is 8.51. The molecule has 14 heavy (non-hydrogen) atoms. The number of hydrogen-bond acceptors (Lipinski definition) is 2. The maximum Gasteiger partial charge on any atom is 0.221 e. The number of hydroxylamine groups is 1. The van der Waals surface area contributed by atoms with E-state index in [1.807, 2.05) is 0 Å². The number of anilines is 1. The van der Waals surface area contributed by atoms with Crippen molar-refractivity contribution in [2.24, 2.45) is 5.41 Å². The van der Waals surface area contributed by atoms with Gasteiger partial charge < -0.3 is 10.3 Å². The minimum absolute atomic E-state index is 0.382. The number of rotatable bonds is 1. The molecule has 0 saturated carbocycles. The number of hydrogen-bond donors (Lipinski definition) is 0. The highest BCUT2D eigenvalue weighted by atomic mass is 16.5. The van der Waals surface area contributed by atoms with Gasteiger partial charge in [0, 0.05) is 11.1 Å². The van der Waals surface area contributed by atoms with Crippen LogP contribution in [0.15, 0.2) is 30.3 Å². The molecule has 0 fully saturated rings. The number of amides is 1. The van der Waals surface area contributed by atoms with E-state index in [0.29, 0.717) is 10.8 Å². The first-order valence-corrected chi connectivity index (χ1v) is 4.49. The Labute approximate surface area is 83.9 Å². The molecule has 0 aromatic heterocycles. The molecule has 0 saturated heterocycles. The van der Waals surface area contributed by atoms with Crippen molar-refractivity contribution in [3.63, 3.8) is 0 Å².